The molecule has 53 heavy (non-hydrogen) atoms. The van der Waals surface area contributed by atoms with Crippen LogP contribution in [0.5, 0.6) is 0 Å². The molecule has 0 N–H and O–H groups in total. The highest BCUT2D eigenvalue weighted by molar-refractivity contribution is 7.22. The van der Waals surface area contributed by atoms with Crippen LogP contribution in [0.2, 0.25) is 0 Å². The van der Waals surface area contributed by atoms with Gasteiger partial charge in [-0.1, -0.05) is 77.9 Å². The fourth-order valence-electron chi connectivity index (χ4n) is 6.80. The first-order valence-electron chi connectivity index (χ1n) is 17.2. The number of hydrogen-bond donors (Lipinski definition) is 0. The maximum Gasteiger partial charge on any atom is 0.355 e. The molecule has 8 rings (SSSR count). The summed E-state index contributed by atoms with van der Waals surface area (Å²) in [5, 5.41) is 0. The molecule has 3 aromatic carbocycles. The molecule has 0 fully saturated rings. The Hall–Kier alpha value is -5.10. The van der Waals surface area contributed by atoms with Gasteiger partial charge in [-0.2, -0.15) is 8.75 Å². The van der Waals surface area contributed by atoms with E-state index in [1.807, 2.05) is 21.3 Å². The van der Waals surface area contributed by atoms with Gasteiger partial charge in [-0.15, -0.1) is 22.7 Å². The van der Waals surface area contributed by atoms with Crippen LogP contribution in [-0.2, 0) is 20.3 Å². The second kappa shape index (κ2) is 12.8. The summed E-state index contributed by atoms with van der Waals surface area (Å²) in [5.74, 6) is -0.774. The maximum atomic E-state index is 13.0. The van der Waals surface area contributed by atoms with E-state index in [9.17, 15) is 9.59 Å². The number of benzene rings is 3. The monoisotopic (exact) mass is 758 g/mol. The van der Waals surface area contributed by atoms with Crippen molar-refractivity contribution in [1.29, 1.82) is 0 Å². The van der Waals surface area contributed by atoms with E-state index < -0.39 is 0 Å². The fourth-order valence-corrected chi connectivity index (χ4v) is 9.59. The highest BCUT2D eigenvalue weighted by Gasteiger charge is 2.25. The summed E-state index contributed by atoms with van der Waals surface area (Å²) < 4.78 is 25.8. The molecule has 268 valence electrons. The van der Waals surface area contributed by atoms with Crippen molar-refractivity contribution in [2.75, 3.05) is 14.2 Å². The quantitative estimate of drug-likeness (QED) is 0.157. The second-order valence-electron chi connectivity index (χ2n) is 15.1. The number of carbonyl (C=O) groups is 2. The van der Waals surface area contributed by atoms with Crippen molar-refractivity contribution in [2.45, 2.75) is 52.4 Å². The van der Waals surface area contributed by atoms with Crippen molar-refractivity contribution in [3.05, 3.63) is 107 Å². The molecule has 8 aromatic rings. The van der Waals surface area contributed by atoms with Crippen LogP contribution in [0.25, 0.3) is 63.7 Å². The summed E-state index contributed by atoms with van der Waals surface area (Å²) in [6.07, 6.45) is 0. The summed E-state index contributed by atoms with van der Waals surface area (Å²) in [5.41, 5.74) is 10.6. The fraction of sp³-hybridized carbons (Fsp3) is 0.238. The van der Waals surface area contributed by atoms with Gasteiger partial charge in [0.15, 0.2) is 0 Å². The predicted molar refractivity (Wildman–Crippen MR) is 218 cm³/mol. The molecule has 0 radical (unpaired) electrons. The highest BCUT2D eigenvalue weighted by Crippen LogP contribution is 2.44. The summed E-state index contributed by atoms with van der Waals surface area (Å²) in [6.45, 7) is 13.1. The summed E-state index contributed by atoms with van der Waals surface area (Å²) in [6, 6.07) is 29.0. The number of esters is 2. The van der Waals surface area contributed by atoms with Crippen LogP contribution in [0.1, 0.15) is 73.6 Å². The first-order valence-corrected chi connectivity index (χ1v) is 19.6. The van der Waals surface area contributed by atoms with Crippen LogP contribution in [0.3, 0.4) is 0 Å². The Kier molecular flexibility index (Phi) is 8.43. The number of thiophene rings is 2. The Morgan fingerprint density at radius 1 is 0.566 bits per heavy atom. The minimum absolute atomic E-state index is 0.00798. The first kappa shape index (κ1) is 35.0. The van der Waals surface area contributed by atoms with Gasteiger partial charge in [-0.3, -0.25) is 0 Å². The van der Waals surface area contributed by atoms with Crippen molar-refractivity contribution >= 4 is 77.8 Å². The third kappa shape index (κ3) is 5.97. The van der Waals surface area contributed by atoms with Gasteiger partial charge in [0.25, 0.3) is 0 Å². The van der Waals surface area contributed by atoms with E-state index in [1.165, 1.54) is 37.1 Å². The molecular weight excluding hydrogens is 721 g/mol. The van der Waals surface area contributed by atoms with E-state index in [1.54, 1.807) is 22.7 Å². The summed E-state index contributed by atoms with van der Waals surface area (Å²) >= 11 is 4.42. The minimum atomic E-state index is -0.387. The molecule has 0 saturated heterocycles. The standard InChI is InChI=1S/C42H38N4O4S3/c1-41(2,3)23-9-13-25(14-10-23)45-29-19-33(51-35(29)21-31(45)39(47)49-7)27-17-18-28(38-37(27)43-53-44-38)34-20-30-36(52-34)22-32(40(48)50-8)46(30)26-15-11-24(12-16-26)42(4,5)6/h9-22H,1-8H3. The number of fused-ring (bicyclic) bond motifs is 3. The lowest BCUT2D eigenvalue weighted by atomic mass is 9.87. The molecule has 0 unspecified atom stereocenters. The van der Waals surface area contributed by atoms with Crippen LogP contribution in [0.4, 0.5) is 0 Å². The van der Waals surface area contributed by atoms with Crippen LogP contribution < -0.4 is 0 Å². The Bertz CT molecular complexity index is 2510. The molecule has 0 bridgehead atoms. The lowest BCUT2D eigenvalue weighted by molar-refractivity contribution is 0.0583. The predicted octanol–water partition coefficient (Wildman–Crippen LogP) is 11.2. The van der Waals surface area contributed by atoms with Gasteiger partial charge in [-0.25, -0.2) is 9.59 Å². The van der Waals surface area contributed by atoms with E-state index in [-0.39, 0.29) is 22.8 Å². The number of ether oxygens (including phenoxy) is 2. The largest absolute Gasteiger partial charge is 0.464 e. The van der Waals surface area contributed by atoms with Gasteiger partial charge in [0, 0.05) is 32.3 Å². The topological polar surface area (TPSA) is 88.2 Å². The van der Waals surface area contributed by atoms with E-state index in [0.717, 1.165) is 63.7 Å². The molecule has 0 atom stereocenters. The third-order valence-corrected chi connectivity index (χ3v) is 12.4. The SMILES string of the molecule is COC(=O)c1cc2sc(-c3ccc(-c4cc5c(cc(C(=O)OC)n5-c5ccc(C(C)(C)C)cc5)s4)c4nsnc34)cc2n1-c1ccc(C(C)(C)C)cc1. The van der Waals surface area contributed by atoms with Crippen LogP contribution in [-0.4, -0.2) is 44.0 Å². The van der Waals surface area contributed by atoms with Gasteiger partial charge in [0.05, 0.1) is 46.4 Å². The normalized spacial score (nSPS) is 12.3. The summed E-state index contributed by atoms with van der Waals surface area (Å²) in [4.78, 5) is 28.0. The van der Waals surface area contributed by atoms with Gasteiger partial charge in [0.1, 0.15) is 22.4 Å². The van der Waals surface area contributed by atoms with Crippen LogP contribution >= 0.6 is 34.4 Å². The Morgan fingerprint density at radius 3 is 1.28 bits per heavy atom. The van der Waals surface area contributed by atoms with Gasteiger partial charge in [0.2, 0.25) is 0 Å². The highest BCUT2D eigenvalue weighted by atomic mass is 32.1. The van der Waals surface area contributed by atoms with E-state index >= 15 is 0 Å². The van der Waals surface area contributed by atoms with Crippen LogP contribution in [0.15, 0.2) is 84.9 Å². The molecule has 8 nitrogen and oxygen atoms in total. The maximum absolute atomic E-state index is 13.0. The second-order valence-corrected chi connectivity index (χ2v) is 17.8. The van der Waals surface area contributed by atoms with Crippen molar-refractivity contribution in [2.24, 2.45) is 0 Å². The molecule has 5 aromatic heterocycles. The number of aromatic nitrogens is 4. The molecule has 0 aliphatic heterocycles. The lowest BCUT2D eigenvalue weighted by Gasteiger charge is -2.19. The summed E-state index contributed by atoms with van der Waals surface area (Å²) in [7, 11) is 2.82. The van der Waals surface area contributed by atoms with Gasteiger partial charge in [-0.05, 0) is 70.5 Å². The molecule has 0 spiro atoms. The number of rotatable bonds is 6. The van der Waals surface area contributed by atoms with Crippen molar-refractivity contribution < 1.29 is 19.1 Å². The Labute approximate surface area is 319 Å². The number of carbonyl (C=O) groups excluding carboxylic acids is 2. The first-order chi connectivity index (χ1) is 25.3. The zero-order valence-electron chi connectivity index (χ0n) is 30.7. The Balaban J connectivity index is 1.22. The van der Waals surface area contributed by atoms with E-state index in [4.69, 9.17) is 18.2 Å². The smallest absolute Gasteiger partial charge is 0.355 e. The van der Waals surface area contributed by atoms with E-state index in [2.05, 4.69) is 114 Å². The minimum Gasteiger partial charge on any atom is -0.464 e. The molecule has 0 amide bonds. The molecule has 0 saturated carbocycles. The molecular formula is C42H38N4O4S3. The zero-order chi connectivity index (χ0) is 37.4. The van der Waals surface area contributed by atoms with Gasteiger partial charge >= 0.3 is 11.9 Å². The lowest BCUT2D eigenvalue weighted by Crippen LogP contribution is -2.12. The molecule has 11 heteroatoms. The molecule has 5 heterocycles. The molecule has 0 aliphatic rings. The number of methoxy groups -OCH3 is 2. The van der Waals surface area contributed by atoms with Crippen molar-refractivity contribution in [3.63, 3.8) is 0 Å². The average molecular weight is 759 g/mol. The molecule has 0 aliphatic carbocycles. The third-order valence-electron chi connectivity index (χ3n) is 9.70. The average Bonchev–Trinajstić information content (AvgIpc) is 3.96. The number of hydrogen-bond acceptors (Lipinski definition) is 9. The van der Waals surface area contributed by atoms with E-state index in [0.29, 0.717) is 11.4 Å². The van der Waals surface area contributed by atoms with Gasteiger partial charge < -0.3 is 18.6 Å². The van der Waals surface area contributed by atoms with Crippen molar-refractivity contribution in [3.8, 4) is 32.3 Å². The number of nitrogens with zero attached hydrogens (tertiary/aromatic N) is 4. The Morgan fingerprint density at radius 2 is 0.943 bits per heavy atom. The van der Waals surface area contributed by atoms with Crippen molar-refractivity contribution in [1.82, 2.24) is 17.9 Å². The zero-order valence-corrected chi connectivity index (χ0v) is 33.2. The van der Waals surface area contributed by atoms with Crippen LogP contribution in [0, 0.1) is 0 Å².